The van der Waals surface area contributed by atoms with Gasteiger partial charge in [0.15, 0.2) is 0 Å². The minimum atomic E-state index is 0.512. The molecule has 2 rings (SSSR count). The summed E-state index contributed by atoms with van der Waals surface area (Å²) in [6.45, 7) is 4.83. The van der Waals surface area contributed by atoms with E-state index in [2.05, 4.69) is 29.4 Å². The maximum Gasteiger partial charge on any atom is 0.221 e. The lowest BCUT2D eigenvalue weighted by Gasteiger charge is -2.10. The molecule has 1 N–H and O–H groups in total. The molecule has 1 aromatic carbocycles. The van der Waals surface area contributed by atoms with Gasteiger partial charge < -0.3 is 14.8 Å². The van der Waals surface area contributed by atoms with Crippen LogP contribution in [-0.4, -0.2) is 31.9 Å². The van der Waals surface area contributed by atoms with Crippen molar-refractivity contribution in [2.24, 2.45) is 0 Å². The first-order valence-corrected chi connectivity index (χ1v) is 6.56. The molecule has 4 nitrogen and oxygen atoms in total. The van der Waals surface area contributed by atoms with Crippen molar-refractivity contribution in [2.75, 3.05) is 26.9 Å². The van der Waals surface area contributed by atoms with Crippen LogP contribution in [0.2, 0.25) is 0 Å². The number of fused-ring (bicyclic) bond motifs is 1. The zero-order valence-corrected chi connectivity index (χ0v) is 11.5. The van der Waals surface area contributed by atoms with Crippen LogP contribution in [0.5, 0.6) is 5.88 Å². The highest BCUT2D eigenvalue weighted by Gasteiger charge is 2.06. The average Bonchev–Trinajstić information content (AvgIpc) is 2.45. The highest BCUT2D eigenvalue weighted by molar-refractivity contribution is 5.87. The van der Waals surface area contributed by atoms with Crippen molar-refractivity contribution in [1.29, 1.82) is 0 Å². The first-order chi connectivity index (χ1) is 9.35. The summed E-state index contributed by atoms with van der Waals surface area (Å²) in [6.07, 6.45) is 0. The van der Waals surface area contributed by atoms with Crippen molar-refractivity contribution in [1.82, 2.24) is 10.3 Å². The number of aromatic nitrogens is 1. The van der Waals surface area contributed by atoms with Gasteiger partial charge >= 0.3 is 0 Å². The number of hydrogen-bond acceptors (Lipinski definition) is 4. The number of nitrogens with zero attached hydrogens (tertiary/aromatic N) is 1. The molecule has 0 aliphatic heterocycles. The maximum atomic E-state index is 5.72. The second kappa shape index (κ2) is 7.07. The molecule has 0 atom stereocenters. The molecule has 0 aliphatic carbocycles. The summed E-state index contributed by atoms with van der Waals surface area (Å²) in [4.78, 5) is 4.57. The molecule has 1 heterocycles. The summed E-state index contributed by atoms with van der Waals surface area (Å²) in [5.41, 5.74) is 0.993. The molecule has 0 bridgehead atoms. The Kier molecular flexibility index (Phi) is 5.12. The molecule has 0 radical (unpaired) electrons. The minimum Gasteiger partial charge on any atom is -0.475 e. The van der Waals surface area contributed by atoms with E-state index in [0.717, 1.165) is 29.6 Å². The van der Waals surface area contributed by atoms with E-state index in [-0.39, 0.29) is 0 Å². The molecule has 19 heavy (non-hydrogen) atoms. The molecular weight excluding hydrogens is 240 g/mol. The normalized spacial score (nSPS) is 10.8. The summed E-state index contributed by atoms with van der Waals surface area (Å²) < 4.78 is 10.7. The highest BCUT2D eigenvalue weighted by Crippen LogP contribution is 2.24. The quantitative estimate of drug-likeness (QED) is 0.776. The van der Waals surface area contributed by atoms with E-state index >= 15 is 0 Å². The first-order valence-electron chi connectivity index (χ1n) is 6.56. The summed E-state index contributed by atoms with van der Waals surface area (Å²) in [5, 5.41) is 5.47. The third kappa shape index (κ3) is 3.66. The number of ether oxygens (including phenoxy) is 2. The predicted octanol–water partition coefficient (Wildman–Crippen LogP) is 2.37. The van der Waals surface area contributed by atoms with Crippen molar-refractivity contribution < 1.29 is 9.47 Å². The van der Waals surface area contributed by atoms with Gasteiger partial charge in [0.2, 0.25) is 5.88 Å². The van der Waals surface area contributed by atoms with Gasteiger partial charge in [-0.1, -0.05) is 25.1 Å². The van der Waals surface area contributed by atoms with E-state index in [1.807, 2.05) is 18.2 Å². The number of methoxy groups -OCH3 is 1. The molecule has 0 unspecified atom stereocenters. The maximum absolute atomic E-state index is 5.72. The number of benzene rings is 1. The Hall–Kier alpha value is -1.65. The van der Waals surface area contributed by atoms with E-state index in [1.54, 1.807) is 7.11 Å². The topological polar surface area (TPSA) is 43.4 Å². The van der Waals surface area contributed by atoms with Gasteiger partial charge in [0, 0.05) is 19.0 Å². The molecule has 0 amide bonds. The van der Waals surface area contributed by atoms with E-state index in [4.69, 9.17) is 9.47 Å². The van der Waals surface area contributed by atoms with Crippen LogP contribution >= 0.6 is 0 Å². The molecule has 0 saturated heterocycles. The zero-order chi connectivity index (χ0) is 13.5. The number of hydrogen-bond donors (Lipinski definition) is 1. The lowest BCUT2D eigenvalue weighted by atomic mass is 10.1. The van der Waals surface area contributed by atoms with E-state index in [9.17, 15) is 0 Å². The predicted molar refractivity (Wildman–Crippen MR) is 76.5 cm³/mol. The minimum absolute atomic E-state index is 0.512. The zero-order valence-electron chi connectivity index (χ0n) is 11.5. The van der Waals surface area contributed by atoms with Crippen molar-refractivity contribution >= 4 is 10.8 Å². The second-order valence-corrected chi connectivity index (χ2v) is 4.26. The van der Waals surface area contributed by atoms with Crippen molar-refractivity contribution in [2.45, 2.75) is 13.5 Å². The standard InChI is InChI=1S/C15H20N2O2/c1-3-16-11-13-10-12-6-4-5-7-14(12)15(17-13)19-9-8-18-2/h4-7,10,16H,3,8-9,11H2,1-2H3. The number of pyridine rings is 1. The molecule has 1 aromatic heterocycles. The molecule has 0 spiro atoms. The van der Waals surface area contributed by atoms with Crippen LogP contribution < -0.4 is 10.1 Å². The summed E-state index contributed by atoms with van der Waals surface area (Å²) >= 11 is 0. The average molecular weight is 260 g/mol. The smallest absolute Gasteiger partial charge is 0.221 e. The van der Waals surface area contributed by atoms with Gasteiger partial charge in [0.1, 0.15) is 6.61 Å². The van der Waals surface area contributed by atoms with Gasteiger partial charge in [-0.3, -0.25) is 0 Å². The van der Waals surface area contributed by atoms with Crippen LogP contribution in [0.15, 0.2) is 30.3 Å². The number of nitrogens with one attached hydrogen (secondary N) is 1. The Morgan fingerprint density at radius 1 is 1.21 bits per heavy atom. The highest BCUT2D eigenvalue weighted by atomic mass is 16.5. The van der Waals surface area contributed by atoms with Crippen LogP contribution in [0.4, 0.5) is 0 Å². The van der Waals surface area contributed by atoms with Crippen molar-refractivity contribution in [3.05, 3.63) is 36.0 Å². The fourth-order valence-corrected chi connectivity index (χ4v) is 1.90. The Bertz CT molecular complexity index is 529. The largest absolute Gasteiger partial charge is 0.475 e. The molecule has 0 saturated carbocycles. The van der Waals surface area contributed by atoms with Gasteiger partial charge in [-0.15, -0.1) is 0 Å². The lowest BCUT2D eigenvalue weighted by Crippen LogP contribution is -2.14. The lowest BCUT2D eigenvalue weighted by molar-refractivity contribution is 0.144. The Morgan fingerprint density at radius 2 is 2.05 bits per heavy atom. The summed E-state index contributed by atoms with van der Waals surface area (Å²) in [7, 11) is 1.66. The van der Waals surface area contributed by atoms with Crippen LogP contribution in [0, 0.1) is 0 Å². The molecule has 102 valence electrons. The SMILES string of the molecule is CCNCc1cc2ccccc2c(OCCOC)n1. The van der Waals surface area contributed by atoms with Gasteiger partial charge in [-0.25, -0.2) is 4.98 Å². The van der Waals surface area contributed by atoms with Crippen molar-refractivity contribution in [3.63, 3.8) is 0 Å². The van der Waals surface area contributed by atoms with Crippen LogP contribution in [-0.2, 0) is 11.3 Å². The second-order valence-electron chi connectivity index (χ2n) is 4.26. The fraction of sp³-hybridized carbons (Fsp3) is 0.400. The number of rotatable bonds is 7. The van der Waals surface area contributed by atoms with Gasteiger partial charge in [-0.05, 0) is 24.1 Å². The van der Waals surface area contributed by atoms with Crippen LogP contribution in [0.1, 0.15) is 12.6 Å². The van der Waals surface area contributed by atoms with E-state index < -0.39 is 0 Å². The van der Waals surface area contributed by atoms with E-state index in [0.29, 0.717) is 19.1 Å². The Balaban J connectivity index is 2.28. The molecule has 0 fully saturated rings. The molecule has 4 heteroatoms. The van der Waals surface area contributed by atoms with Crippen LogP contribution in [0.3, 0.4) is 0 Å². The molecule has 2 aromatic rings. The Labute approximate surface area is 113 Å². The van der Waals surface area contributed by atoms with Crippen LogP contribution in [0.25, 0.3) is 10.8 Å². The summed E-state index contributed by atoms with van der Waals surface area (Å²) in [6, 6.07) is 10.2. The monoisotopic (exact) mass is 260 g/mol. The molecule has 0 aliphatic rings. The van der Waals surface area contributed by atoms with Gasteiger partial charge in [0.25, 0.3) is 0 Å². The Morgan fingerprint density at radius 3 is 2.84 bits per heavy atom. The van der Waals surface area contributed by atoms with E-state index in [1.165, 1.54) is 0 Å². The third-order valence-electron chi connectivity index (χ3n) is 2.84. The third-order valence-corrected chi connectivity index (χ3v) is 2.84. The van der Waals surface area contributed by atoms with Gasteiger partial charge in [-0.2, -0.15) is 0 Å². The fourth-order valence-electron chi connectivity index (χ4n) is 1.90. The first kappa shape index (κ1) is 13.8. The summed E-state index contributed by atoms with van der Waals surface area (Å²) in [5.74, 6) is 0.683. The van der Waals surface area contributed by atoms with Crippen molar-refractivity contribution in [3.8, 4) is 5.88 Å². The van der Waals surface area contributed by atoms with Gasteiger partial charge in [0.05, 0.1) is 12.3 Å². The molecular formula is C15H20N2O2.